The fourth-order valence-electron chi connectivity index (χ4n) is 8.25. The molecular weight excluding hydrogens is 752 g/mol. The van der Waals surface area contributed by atoms with E-state index in [0.717, 1.165) is 6.42 Å². The van der Waals surface area contributed by atoms with Crippen molar-refractivity contribution in [2.45, 2.75) is 82.1 Å². The molecule has 0 bridgehead atoms. The fourth-order valence-corrected chi connectivity index (χ4v) is 9.07. The molecule has 2 aliphatic carbocycles. The molecule has 0 radical (unpaired) electrons. The van der Waals surface area contributed by atoms with Crippen molar-refractivity contribution in [1.29, 1.82) is 0 Å². The zero-order chi connectivity index (χ0) is 40.1. The molecule has 1 atom stereocenters. The van der Waals surface area contributed by atoms with Crippen LogP contribution in [0, 0.1) is 65.0 Å². The van der Waals surface area contributed by atoms with E-state index in [1.54, 1.807) is 0 Å². The van der Waals surface area contributed by atoms with Crippen LogP contribution < -0.4 is 0 Å². The first-order valence-corrected chi connectivity index (χ1v) is 21.3. The third-order valence-electron chi connectivity index (χ3n) is 11.0. The van der Waals surface area contributed by atoms with Crippen LogP contribution in [0.4, 0.5) is 0 Å². The monoisotopic (exact) mass is 806 g/mol. The van der Waals surface area contributed by atoms with Crippen LogP contribution in [0.25, 0.3) is 33.4 Å². The molecule has 0 spiro atoms. The number of hydrogen-bond acceptors (Lipinski definition) is 0. The Morgan fingerprint density at radius 2 is 1.16 bits per heavy atom. The van der Waals surface area contributed by atoms with E-state index < -0.39 is 0 Å². The first-order valence-electron chi connectivity index (χ1n) is 20.1. The van der Waals surface area contributed by atoms with E-state index in [4.69, 9.17) is 0 Å². The predicted octanol–water partition coefficient (Wildman–Crippen LogP) is 14.4. The van der Waals surface area contributed by atoms with E-state index in [0.29, 0.717) is 11.3 Å². The number of fused-ring (bicyclic) bond motifs is 3. The van der Waals surface area contributed by atoms with E-state index in [1.165, 1.54) is 128 Å². The summed E-state index contributed by atoms with van der Waals surface area (Å²) in [6, 6.07) is 45.6. The molecular formula is C55H56Zr. The van der Waals surface area contributed by atoms with Crippen LogP contribution in [-0.4, -0.2) is 3.21 Å². The van der Waals surface area contributed by atoms with Gasteiger partial charge in [0.05, 0.1) is 0 Å². The Balaban J connectivity index is 0.000000174. The van der Waals surface area contributed by atoms with Gasteiger partial charge in [-0.15, -0.1) is 29.3 Å². The van der Waals surface area contributed by atoms with Crippen molar-refractivity contribution < 1.29 is 24.2 Å². The van der Waals surface area contributed by atoms with Gasteiger partial charge in [0.2, 0.25) is 0 Å². The van der Waals surface area contributed by atoms with Gasteiger partial charge in [-0.1, -0.05) is 127 Å². The van der Waals surface area contributed by atoms with E-state index in [2.05, 4.69) is 209 Å². The number of benzene rings is 6. The average molecular weight is 808 g/mol. The zero-order valence-electron chi connectivity index (χ0n) is 35.1. The molecule has 0 saturated carbocycles. The summed E-state index contributed by atoms with van der Waals surface area (Å²) in [6.07, 6.45) is 9.96. The van der Waals surface area contributed by atoms with Crippen molar-refractivity contribution in [3.05, 3.63) is 201 Å². The second kappa shape index (κ2) is 17.8. The van der Waals surface area contributed by atoms with Gasteiger partial charge in [-0.25, -0.2) is 6.08 Å². The first kappa shape index (κ1) is 41.2. The van der Waals surface area contributed by atoms with Gasteiger partial charge in [-0.05, 0) is 75.8 Å². The van der Waals surface area contributed by atoms with Crippen molar-refractivity contribution >= 4 is 3.21 Å². The van der Waals surface area contributed by atoms with Crippen LogP contribution in [-0.2, 0) is 30.7 Å². The third kappa shape index (κ3) is 9.56. The van der Waals surface area contributed by atoms with Gasteiger partial charge in [0.25, 0.3) is 0 Å². The van der Waals surface area contributed by atoms with Crippen molar-refractivity contribution in [3.8, 4) is 33.4 Å². The molecule has 8 rings (SSSR count). The van der Waals surface area contributed by atoms with E-state index >= 15 is 0 Å². The van der Waals surface area contributed by atoms with Crippen LogP contribution in [0.3, 0.4) is 0 Å². The molecule has 1 heteroatoms. The summed E-state index contributed by atoms with van der Waals surface area (Å²) in [5, 5.41) is 0. The van der Waals surface area contributed by atoms with E-state index in [-0.39, 0.29) is 0 Å². The van der Waals surface area contributed by atoms with Crippen molar-refractivity contribution in [2.24, 2.45) is 11.3 Å². The van der Waals surface area contributed by atoms with Gasteiger partial charge in [0, 0.05) is 0 Å². The number of rotatable bonds is 5. The van der Waals surface area contributed by atoms with Gasteiger partial charge < -0.3 is 0 Å². The van der Waals surface area contributed by atoms with Crippen LogP contribution in [0.2, 0.25) is 0 Å². The molecule has 0 aromatic heterocycles. The predicted molar refractivity (Wildman–Crippen MR) is 238 cm³/mol. The number of allylic oxidation sites excluding steroid dienone is 4. The molecule has 0 N–H and O–H groups in total. The maximum atomic E-state index is 3.78. The summed E-state index contributed by atoms with van der Waals surface area (Å²) in [4.78, 5) is 0. The molecule has 0 fully saturated rings. The number of hydrogen-bond donors (Lipinski definition) is 0. The average Bonchev–Trinajstić information content (AvgIpc) is 3.80. The Kier molecular flexibility index (Phi) is 13.1. The summed E-state index contributed by atoms with van der Waals surface area (Å²) in [5.41, 5.74) is 23.1. The Bertz CT molecular complexity index is 2220. The topological polar surface area (TPSA) is 0 Å². The maximum absolute atomic E-state index is 3.78. The fraction of sp³-hybridized carbons (Fsp3) is 0.255. The molecule has 6 aromatic carbocycles. The molecule has 2 aliphatic rings. The molecule has 6 aromatic rings. The van der Waals surface area contributed by atoms with Gasteiger partial charge in [-0.3, -0.25) is 6.08 Å². The second-order valence-corrected chi connectivity index (χ2v) is 17.9. The molecule has 0 nitrogen and oxygen atoms in total. The Hall–Kier alpha value is -4.45. The van der Waals surface area contributed by atoms with Crippen molar-refractivity contribution in [2.75, 3.05) is 0 Å². The normalized spacial score (nSPS) is 13.9. The van der Waals surface area contributed by atoms with Crippen LogP contribution in [0.15, 0.2) is 133 Å². The summed E-state index contributed by atoms with van der Waals surface area (Å²) >= 11 is 1.46. The van der Waals surface area contributed by atoms with E-state index in [1.807, 2.05) is 0 Å². The van der Waals surface area contributed by atoms with E-state index in [9.17, 15) is 0 Å². The van der Waals surface area contributed by atoms with Crippen molar-refractivity contribution in [3.63, 3.8) is 0 Å². The Morgan fingerprint density at radius 1 is 0.643 bits per heavy atom. The quantitative estimate of drug-likeness (QED) is 0.152. The van der Waals surface area contributed by atoms with Crippen LogP contribution in [0.1, 0.15) is 89.8 Å². The summed E-state index contributed by atoms with van der Waals surface area (Å²) in [7, 11) is 0. The van der Waals surface area contributed by atoms with Crippen LogP contribution in [0.5, 0.6) is 0 Å². The molecule has 1 unspecified atom stereocenters. The molecule has 0 amide bonds. The minimum atomic E-state index is 0.302. The summed E-state index contributed by atoms with van der Waals surface area (Å²) in [5.74, 6) is 0.573. The summed E-state index contributed by atoms with van der Waals surface area (Å²) < 4.78 is 1.42. The Morgan fingerprint density at radius 3 is 1.64 bits per heavy atom. The molecule has 56 heavy (non-hydrogen) atoms. The molecule has 0 saturated heterocycles. The van der Waals surface area contributed by atoms with Crippen molar-refractivity contribution in [1.82, 2.24) is 0 Å². The van der Waals surface area contributed by atoms with Gasteiger partial charge in [0.1, 0.15) is 0 Å². The molecule has 0 aliphatic heterocycles. The van der Waals surface area contributed by atoms with Gasteiger partial charge in [-0.2, -0.15) is 11.6 Å². The Labute approximate surface area is 352 Å². The number of aryl methyl sites for hydroxylation is 6. The molecule has 0 heterocycles. The van der Waals surface area contributed by atoms with Crippen LogP contribution >= 0.6 is 0 Å². The standard InChI is InChI=1S/C31H29.C13H10.C11H17.Zr/c1-18-11-20(3)30(21(4)12-18)24-7-9-28-26(15-24)17-27-16-25(8-10-29(27)28)31-22(5)13-19(2)14-23(31)6;1-3-7-12(8-4-1)11-13-9-5-2-6-10-13;1-5-9-6-7-10(8-9)11(2,3)4;/h7-15H,17H2,1-6H3;1-10H;7-9H,5H2,1-4H3;/q-1;;-1;+2. The summed E-state index contributed by atoms with van der Waals surface area (Å²) in [6.45, 7) is 22.2. The second-order valence-electron chi connectivity index (χ2n) is 16.7. The zero-order valence-corrected chi connectivity index (χ0v) is 37.6. The minimum absolute atomic E-state index is 0.302. The van der Waals surface area contributed by atoms with Gasteiger partial charge >= 0.3 is 99.2 Å². The SMILES string of the molecule is CCC1[C-]=CC(C(C)(C)C)=C1.Cc1cc(C)c(-c2[c-]c3c(cc2)-c2ccc(-c4c(C)cc(C)cc4C)cc2C3)c(C)c1.[Zr+2]=[C](c1ccccc1)c1ccccc1. The first-order chi connectivity index (χ1) is 26.7. The van der Waals surface area contributed by atoms with Gasteiger partial charge in [0.15, 0.2) is 0 Å². The molecule has 280 valence electrons. The third-order valence-corrected chi connectivity index (χ3v) is 12.4.